The third-order valence-corrected chi connectivity index (χ3v) is 6.79. The van der Waals surface area contributed by atoms with Crippen molar-refractivity contribution in [3.8, 4) is 33.2 Å². The molecule has 2 heterocycles. The van der Waals surface area contributed by atoms with Crippen LogP contribution in [0.2, 0.25) is 0 Å². The molecule has 4 aromatic carbocycles. The third kappa shape index (κ3) is 3.20. The predicted octanol–water partition coefficient (Wildman–Crippen LogP) is 8.06. The van der Waals surface area contributed by atoms with E-state index in [1.165, 1.54) is 11.1 Å². The second-order valence-electron chi connectivity index (χ2n) is 8.08. The first-order valence-corrected chi connectivity index (χ1v) is 11.4. The number of fused-ring (bicyclic) bond motifs is 2. The van der Waals surface area contributed by atoms with Crippen LogP contribution in [0.4, 0.5) is 0 Å². The number of thiazole rings is 1. The van der Waals surface area contributed by atoms with Crippen LogP contribution in [0, 0.1) is 13.8 Å². The van der Waals surface area contributed by atoms with Crippen LogP contribution in [-0.2, 0) is 0 Å². The highest BCUT2D eigenvalue weighted by Gasteiger charge is 2.17. The summed E-state index contributed by atoms with van der Waals surface area (Å²) in [6.45, 7) is 4.18. The maximum atomic E-state index is 6.30. The van der Waals surface area contributed by atoms with Crippen LogP contribution in [0.25, 0.3) is 54.5 Å². The van der Waals surface area contributed by atoms with Gasteiger partial charge in [0.15, 0.2) is 5.58 Å². The summed E-state index contributed by atoms with van der Waals surface area (Å²) in [6, 6.07) is 29.2. The molecule has 6 rings (SSSR count). The van der Waals surface area contributed by atoms with E-state index >= 15 is 0 Å². The van der Waals surface area contributed by atoms with Gasteiger partial charge < -0.3 is 4.42 Å². The highest BCUT2D eigenvalue weighted by Crippen LogP contribution is 2.39. The first-order chi connectivity index (χ1) is 15.7. The monoisotopic (exact) mass is 432 g/mol. The van der Waals surface area contributed by atoms with Gasteiger partial charge in [-0.25, -0.2) is 9.97 Å². The van der Waals surface area contributed by atoms with Crippen molar-refractivity contribution < 1.29 is 4.42 Å². The van der Waals surface area contributed by atoms with Crippen molar-refractivity contribution in [3.63, 3.8) is 0 Å². The smallest absolute Gasteiger partial charge is 0.227 e. The number of nitrogens with zero attached hydrogens (tertiary/aromatic N) is 2. The van der Waals surface area contributed by atoms with E-state index in [0.29, 0.717) is 5.89 Å². The Morgan fingerprint density at radius 2 is 1.31 bits per heavy atom. The van der Waals surface area contributed by atoms with Crippen molar-refractivity contribution >= 4 is 32.7 Å². The zero-order valence-electron chi connectivity index (χ0n) is 17.8. The Morgan fingerprint density at radius 1 is 0.656 bits per heavy atom. The molecule has 0 aliphatic heterocycles. The van der Waals surface area contributed by atoms with E-state index in [2.05, 4.69) is 86.6 Å². The Morgan fingerprint density at radius 3 is 2.06 bits per heavy atom. The number of aryl methyl sites for hydroxylation is 2. The Bertz CT molecular complexity index is 1450. The first-order valence-electron chi connectivity index (χ1n) is 10.6. The molecule has 32 heavy (non-hydrogen) atoms. The highest BCUT2D eigenvalue weighted by atomic mass is 32.1. The van der Waals surface area contributed by atoms with Crippen molar-refractivity contribution in [2.24, 2.45) is 0 Å². The largest absolute Gasteiger partial charge is 0.435 e. The van der Waals surface area contributed by atoms with Gasteiger partial charge in [0.1, 0.15) is 10.5 Å². The number of benzene rings is 4. The van der Waals surface area contributed by atoms with Crippen LogP contribution in [-0.4, -0.2) is 9.97 Å². The van der Waals surface area contributed by atoms with Crippen LogP contribution in [0.5, 0.6) is 0 Å². The average Bonchev–Trinajstić information content (AvgIpc) is 3.44. The van der Waals surface area contributed by atoms with Gasteiger partial charge in [-0.2, -0.15) is 0 Å². The summed E-state index contributed by atoms with van der Waals surface area (Å²) >= 11 is 1.72. The van der Waals surface area contributed by atoms with Gasteiger partial charge in [0.05, 0.1) is 10.2 Å². The summed E-state index contributed by atoms with van der Waals surface area (Å²) in [5, 5.41) is 1.03. The number of hydrogen-bond donors (Lipinski definition) is 0. The number of oxazole rings is 1. The molecule has 0 saturated heterocycles. The van der Waals surface area contributed by atoms with Crippen LogP contribution in [0.3, 0.4) is 0 Å². The quantitative estimate of drug-likeness (QED) is 0.284. The molecule has 0 amide bonds. The topological polar surface area (TPSA) is 38.9 Å². The van der Waals surface area contributed by atoms with Gasteiger partial charge in [-0.15, -0.1) is 11.3 Å². The number of para-hydroxylation sites is 2. The van der Waals surface area contributed by atoms with Gasteiger partial charge in [-0.3, -0.25) is 0 Å². The van der Waals surface area contributed by atoms with Crippen LogP contribution >= 0.6 is 11.3 Å². The molecular weight excluding hydrogens is 412 g/mol. The minimum Gasteiger partial charge on any atom is -0.435 e. The molecular formula is C28H20N2OS. The van der Waals surface area contributed by atoms with E-state index < -0.39 is 0 Å². The van der Waals surface area contributed by atoms with E-state index in [1.807, 2.05) is 12.1 Å². The fourth-order valence-electron chi connectivity index (χ4n) is 3.97. The minimum atomic E-state index is 0.637. The summed E-state index contributed by atoms with van der Waals surface area (Å²) in [6.07, 6.45) is 0. The summed E-state index contributed by atoms with van der Waals surface area (Å²) in [5.41, 5.74) is 9.29. The van der Waals surface area contributed by atoms with Crippen LogP contribution < -0.4 is 0 Å². The maximum absolute atomic E-state index is 6.30. The van der Waals surface area contributed by atoms with Gasteiger partial charge in [0.2, 0.25) is 5.89 Å². The minimum absolute atomic E-state index is 0.637. The van der Waals surface area contributed by atoms with E-state index in [1.54, 1.807) is 11.3 Å². The lowest BCUT2D eigenvalue weighted by Gasteiger charge is -2.03. The van der Waals surface area contributed by atoms with Crippen molar-refractivity contribution in [1.82, 2.24) is 9.97 Å². The average molecular weight is 433 g/mol. The highest BCUT2D eigenvalue weighted by molar-refractivity contribution is 7.21. The molecule has 0 N–H and O–H groups in total. The van der Waals surface area contributed by atoms with Gasteiger partial charge in [0.25, 0.3) is 0 Å². The van der Waals surface area contributed by atoms with E-state index in [-0.39, 0.29) is 0 Å². The fourth-order valence-corrected chi connectivity index (χ4v) is 4.96. The molecule has 154 valence electrons. The molecule has 0 aliphatic carbocycles. The number of hydrogen-bond acceptors (Lipinski definition) is 4. The van der Waals surface area contributed by atoms with E-state index in [9.17, 15) is 0 Å². The van der Waals surface area contributed by atoms with Gasteiger partial charge in [0, 0.05) is 22.3 Å². The molecule has 0 radical (unpaired) electrons. The zero-order chi connectivity index (χ0) is 21.7. The Kier molecular flexibility index (Phi) is 4.40. The summed E-state index contributed by atoms with van der Waals surface area (Å²) in [4.78, 5) is 9.78. The number of rotatable bonds is 3. The van der Waals surface area contributed by atoms with Gasteiger partial charge in [-0.05, 0) is 38.1 Å². The third-order valence-electron chi connectivity index (χ3n) is 5.72. The molecule has 0 bridgehead atoms. The van der Waals surface area contributed by atoms with Crippen molar-refractivity contribution in [3.05, 3.63) is 96.1 Å². The molecule has 2 aromatic heterocycles. The lowest BCUT2D eigenvalue weighted by Crippen LogP contribution is -1.82. The summed E-state index contributed by atoms with van der Waals surface area (Å²) in [5.74, 6) is 0.637. The Balaban J connectivity index is 1.51. The van der Waals surface area contributed by atoms with Crippen molar-refractivity contribution in [1.29, 1.82) is 0 Å². The second kappa shape index (κ2) is 7.43. The molecule has 0 atom stereocenters. The molecule has 0 unspecified atom stereocenters. The lowest BCUT2D eigenvalue weighted by molar-refractivity contribution is 0.621. The standard InChI is InChI=1S/C28H20N2OS/c1-17-9-13-19(14-10-17)27-29-23-7-3-6-22(26(23)31-27)21-5-4-8-24-25(21)30-28(32-24)20-15-11-18(2)12-16-20/h3-16H,1-2H3. The van der Waals surface area contributed by atoms with Gasteiger partial charge in [-0.1, -0.05) is 71.8 Å². The lowest BCUT2D eigenvalue weighted by atomic mass is 10.0. The van der Waals surface area contributed by atoms with E-state index in [4.69, 9.17) is 14.4 Å². The normalized spacial score (nSPS) is 11.4. The summed E-state index contributed by atoms with van der Waals surface area (Å²) < 4.78 is 7.46. The first kappa shape index (κ1) is 19.0. The van der Waals surface area contributed by atoms with Crippen LogP contribution in [0.1, 0.15) is 11.1 Å². The van der Waals surface area contributed by atoms with Crippen molar-refractivity contribution in [2.45, 2.75) is 13.8 Å². The SMILES string of the molecule is Cc1ccc(-c2nc3cccc(-c4cccc5sc(-c6ccc(C)cc6)nc45)c3o2)cc1. The Hall–Kier alpha value is -3.76. The Labute approximate surface area is 190 Å². The molecule has 6 aromatic rings. The van der Waals surface area contributed by atoms with Crippen LogP contribution in [0.15, 0.2) is 89.3 Å². The fraction of sp³-hybridized carbons (Fsp3) is 0.0714. The van der Waals surface area contributed by atoms with Crippen molar-refractivity contribution in [2.75, 3.05) is 0 Å². The molecule has 0 aliphatic rings. The molecule has 3 nitrogen and oxygen atoms in total. The second-order valence-corrected chi connectivity index (χ2v) is 9.11. The van der Waals surface area contributed by atoms with Gasteiger partial charge >= 0.3 is 0 Å². The van der Waals surface area contributed by atoms with E-state index in [0.717, 1.165) is 48.6 Å². The maximum Gasteiger partial charge on any atom is 0.227 e. The molecule has 0 fully saturated rings. The molecule has 0 spiro atoms. The predicted molar refractivity (Wildman–Crippen MR) is 133 cm³/mol. The summed E-state index contributed by atoms with van der Waals surface area (Å²) in [7, 11) is 0. The zero-order valence-corrected chi connectivity index (χ0v) is 18.6. The number of aromatic nitrogens is 2. The molecule has 4 heteroatoms. The molecule has 0 saturated carbocycles.